The fraction of sp³-hybridized carbons (Fsp3) is 0.233. The highest BCUT2D eigenvalue weighted by atomic mass is 35.5. The lowest BCUT2D eigenvalue weighted by Gasteiger charge is -2.35. The number of methoxy groups -OCH3 is 2. The molecule has 0 fully saturated rings. The maximum atomic E-state index is 13.5. The predicted molar refractivity (Wildman–Crippen MR) is 515 cm³/mol. The van der Waals surface area contributed by atoms with Gasteiger partial charge in [0.1, 0.15) is 66.7 Å². The van der Waals surface area contributed by atoms with E-state index in [9.17, 15) is 14.4 Å². The number of ether oxygens (including phenoxy) is 8. The van der Waals surface area contributed by atoms with Crippen LogP contribution in [0.15, 0.2) is 267 Å². The van der Waals surface area contributed by atoms with Gasteiger partial charge in [-0.1, -0.05) is 172 Å². The molecule has 11 aromatic carbocycles. The second-order valence-corrected chi connectivity index (χ2v) is 34.7. The number of aryl methyl sites for hydroxylation is 2. The van der Waals surface area contributed by atoms with E-state index < -0.39 is 12.2 Å². The fourth-order valence-corrected chi connectivity index (χ4v) is 18.5. The number of nitrogens with one attached hydrogen (secondary N) is 5. The normalized spacial score (nSPS) is 15.5. The van der Waals surface area contributed by atoms with Crippen molar-refractivity contribution in [3.05, 3.63) is 370 Å². The summed E-state index contributed by atoms with van der Waals surface area (Å²) < 4.78 is 46.5. The van der Waals surface area contributed by atoms with Crippen LogP contribution in [0.5, 0.6) is 28.7 Å². The molecule has 28 heteroatoms. The average molecular weight is 1880 g/mol. The minimum atomic E-state index is -0.432. The molecule has 9 heterocycles. The molecule has 22 nitrogen and oxygen atoms in total. The van der Waals surface area contributed by atoms with Crippen LogP contribution in [-0.2, 0) is 59.5 Å². The third-order valence-corrected chi connectivity index (χ3v) is 25.2. The van der Waals surface area contributed by atoms with Crippen molar-refractivity contribution in [2.45, 2.75) is 82.3 Å². The molecule has 20 rings (SSSR count). The molecule has 5 aromatic heterocycles. The number of fused-ring (bicyclic) bond motifs is 12. The Morgan fingerprint density at radius 1 is 0.389 bits per heavy atom. The Kier molecular flexibility index (Phi) is 29.4. The number of hydrogen-bond acceptors (Lipinski definition) is 14. The molecule has 16 aromatic rings. The van der Waals surface area contributed by atoms with Gasteiger partial charge in [0.15, 0.2) is 0 Å². The molecule has 0 aliphatic carbocycles. The number of carbonyl (C=O) groups is 3. The third kappa shape index (κ3) is 21.8. The lowest BCUT2D eigenvalue weighted by molar-refractivity contribution is 0.0831. The molecule has 0 spiro atoms. The van der Waals surface area contributed by atoms with Crippen LogP contribution in [-0.4, -0.2) is 141 Å². The zero-order valence-corrected chi connectivity index (χ0v) is 76.4. The molecule has 670 valence electrons. The first-order chi connectivity index (χ1) is 64.0. The lowest BCUT2D eigenvalue weighted by Crippen LogP contribution is -2.42. The predicted octanol–water partition coefficient (Wildman–Crippen LogP) is 24.1. The van der Waals surface area contributed by atoms with Crippen LogP contribution in [0.1, 0.15) is 110 Å². The number of amides is 3. The van der Waals surface area contributed by atoms with Gasteiger partial charge in [-0.3, -0.25) is 19.4 Å². The second kappa shape index (κ2) is 42.6. The number of carbonyl (C=O) groups excluding carboxylic acids is 3. The summed E-state index contributed by atoms with van der Waals surface area (Å²) in [5, 5.41) is 20.0. The molecule has 3 amide bonds. The highest BCUT2D eigenvalue weighted by Gasteiger charge is 2.40. The quantitative estimate of drug-likeness (QED) is 0.0374. The zero-order valence-electron chi connectivity index (χ0n) is 71.9. The number of aromatic amines is 4. The van der Waals surface area contributed by atoms with Crippen LogP contribution in [0.3, 0.4) is 0 Å². The van der Waals surface area contributed by atoms with Gasteiger partial charge in [-0.15, -0.1) is 5.10 Å². The summed E-state index contributed by atoms with van der Waals surface area (Å²) >= 11 is 37.1. The number of nitrogens with zero attached hydrogens (tertiary/aromatic N) is 6. The first-order valence-electron chi connectivity index (χ1n) is 43.5. The van der Waals surface area contributed by atoms with E-state index >= 15 is 0 Å². The molecule has 0 radical (unpaired) electrons. The molecule has 4 aliphatic heterocycles. The number of benzene rings is 11. The lowest BCUT2D eigenvalue weighted by atomic mass is 9.92. The van der Waals surface area contributed by atoms with Crippen molar-refractivity contribution in [1.29, 1.82) is 0 Å². The first-order valence-corrected chi connectivity index (χ1v) is 45.7. The zero-order chi connectivity index (χ0) is 90.3. The van der Waals surface area contributed by atoms with Gasteiger partial charge in [-0.05, 0) is 253 Å². The number of rotatable bonds is 23. The number of H-pyrrole nitrogens is 4. The molecular formula is C103H95Cl6N11O11. The van der Waals surface area contributed by atoms with Crippen LogP contribution in [0, 0.1) is 0 Å². The van der Waals surface area contributed by atoms with E-state index in [0.717, 1.165) is 144 Å². The van der Waals surface area contributed by atoms with Crippen LogP contribution in [0.25, 0.3) is 43.6 Å². The monoisotopic (exact) mass is 1870 g/mol. The summed E-state index contributed by atoms with van der Waals surface area (Å²) in [5.41, 5.74) is 18.5. The molecule has 4 unspecified atom stereocenters. The minimum absolute atomic E-state index is 0.227. The summed E-state index contributed by atoms with van der Waals surface area (Å²) in [4.78, 5) is 59.6. The highest BCUT2D eigenvalue weighted by molar-refractivity contribution is 6.33. The summed E-state index contributed by atoms with van der Waals surface area (Å²) in [7, 11) is 3.28. The van der Waals surface area contributed by atoms with Crippen molar-refractivity contribution in [1.82, 2.24) is 54.9 Å². The second-order valence-electron chi connectivity index (χ2n) is 32.1. The standard InChI is InChI=1S/C29H25Cl2N5O3.C28H27ClN2O4.C27H24Cl2N2O4.C19H19ClN2/c30-20-4-9-23(10-5-20)39-29(37)36-15-12-24-25-18-21(31)6-11-26(25)33-27(24)28(36)19-2-7-22(8-3-19)38-17-1-14-35-16-13-32-34-35;1-33-15-16-34-22-10-7-20(8-11-22)27-26-23(24-17-21(29)9-12-25(24)30-26)13-14-31(27)28(32)35-18-19-5-3-2-4-6-19;1-33-14-15-34-20-7-2-17(3-8-20)26-25-22(23-16-19(29)6-11-24(23)30-25)12-13-31(26)27(32)35-21-9-4-18(28)5-10-21;20-14-7-9-17-16(12-14)15-10-11-21-18(19(15)22-17)8-6-13-4-2-1-3-5-13/h2-11,13,16,18,28,33H,1,12,14-15,17H2;2-12,17,27,30H,13-16,18H2,1H3;2-11,16,26,30H,12-15H2,1H3;1-5,7,9,12,18,21-22H,6,8,10-11H2. The molecule has 5 N–H and O–H groups in total. The Balaban J connectivity index is 0.000000124. The Labute approximate surface area is 787 Å². The number of aromatic nitrogens is 7. The van der Waals surface area contributed by atoms with Gasteiger partial charge in [0, 0.05) is 156 Å². The van der Waals surface area contributed by atoms with E-state index in [1.807, 2.05) is 170 Å². The van der Waals surface area contributed by atoms with E-state index in [4.69, 9.17) is 108 Å². The van der Waals surface area contributed by atoms with Crippen molar-refractivity contribution in [2.75, 3.05) is 73.4 Å². The third-order valence-electron chi connectivity index (χ3n) is 23.8. The SMILES string of the molecule is COCCOc1ccc(C2c3[nH]c4ccc(Cl)cc4c3CCN2C(=O)OCc2ccccc2)cc1.COCCOc1ccc(C2c3[nH]c4ccc(Cl)cc4c3CCN2C(=O)Oc2ccc(Cl)cc2)cc1.Clc1ccc2[nH]c3c(c2c1)CCNC3CCc1ccccc1.O=C(Oc1ccc(Cl)cc1)N1CCc2c([nH]c3ccc(Cl)cc23)C1c1ccc(OCCCn2ccnn2)cc1. The van der Waals surface area contributed by atoms with Crippen LogP contribution >= 0.6 is 69.6 Å². The smallest absolute Gasteiger partial charge is 0.416 e. The van der Waals surface area contributed by atoms with Gasteiger partial charge >= 0.3 is 18.3 Å². The van der Waals surface area contributed by atoms with Crippen molar-refractivity contribution >= 4 is 131 Å². The summed E-state index contributed by atoms with van der Waals surface area (Å²) in [6, 6.07) is 80.3. The summed E-state index contributed by atoms with van der Waals surface area (Å²) in [6.45, 7) is 6.04. The fourth-order valence-electron chi connectivity index (χ4n) is 17.5. The van der Waals surface area contributed by atoms with Gasteiger partial charge < -0.3 is 63.1 Å². The maximum Gasteiger partial charge on any atom is 0.416 e. The van der Waals surface area contributed by atoms with Gasteiger partial charge in [-0.25, -0.2) is 14.4 Å². The molecule has 0 saturated carbocycles. The van der Waals surface area contributed by atoms with Gasteiger partial charge in [0.05, 0.1) is 26.0 Å². The van der Waals surface area contributed by atoms with Gasteiger partial charge in [0.25, 0.3) is 0 Å². The van der Waals surface area contributed by atoms with Crippen LogP contribution in [0.2, 0.25) is 30.1 Å². The molecule has 4 aliphatic rings. The topological polar surface area (TPSA) is 241 Å². The first kappa shape index (κ1) is 90.5. The van der Waals surface area contributed by atoms with Gasteiger partial charge in [0.2, 0.25) is 0 Å². The molecule has 0 bridgehead atoms. The van der Waals surface area contributed by atoms with Crippen molar-refractivity contribution in [2.24, 2.45) is 0 Å². The average Bonchev–Trinajstić information content (AvgIpc) is 1.62. The van der Waals surface area contributed by atoms with E-state index in [-0.39, 0.29) is 30.8 Å². The molecule has 0 saturated heterocycles. The Bertz CT molecular complexity index is 6580. The van der Waals surface area contributed by atoms with Crippen molar-refractivity contribution < 1.29 is 52.3 Å². The molecule has 4 atom stereocenters. The molecular weight excluding hydrogens is 1780 g/mol. The minimum Gasteiger partial charge on any atom is -0.494 e. The number of halogens is 6. The Morgan fingerprint density at radius 3 is 1.15 bits per heavy atom. The maximum absolute atomic E-state index is 13.5. The Morgan fingerprint density at radius 2 is 0.756 bits per heavy atom. The largest absolute Gasteiger partial charge is 0.494 e. The molecule has 131 heavy (non-hydrogen) atoms. The Hall–Kier alpha value is -12.5. The van der Waals surface area contributed by atoms with E-state index in [1.165, 1.54) is 33.3 Å². The van der Waals surface area contributed by atoms with E-state index in [2.05, 4.69) is 78.0 Å². The van der Waals surface area contributed by atoms with Crippen LogP contribution < -0.4 is 29.0 Å². The van der Waals surface area contributed by atoms with Crippen LogP contribution in [0.4, 0.5) is 14.4 Å². The van der Waals surface area contributed by atoms with E-state index in [1.54, 1.807) is 88.3 Å². The van der Waals surface area contributed by atoms with Crippen molar-refractivity contribution in [3.63, 3.8) is 0 Å². The van der Waals surface area contributed by atoms with E-state index in [0.29, 0.717) is 115 Å². The van der Waals surface area contributed by atoms with Gasteiger partial charge in [-0.2, -0.15) is 0 Å². The number of hydrogen-bond donors (Lipinski definition) is 5. The highest BCUT2D eigenvalue weighted by Crippen LogP contribution is 2.45. The van der Waals surface area contributed by atoms with Crippen molar-refractivity contribution in [3.8, 4) is 28.7 Å². The summed E-state index contributed by atoms with van der Waals surface area (Å²) in [5.74, 6) is 3.12. The summed E-state index contributed by atoms with van der Waals surface area (Å²) in [6.07, 6.45) is 8.42.